The molecule has 0 spiro atoms. The fourth-order valence-corrected chi connectivity index (χ4v) is 2.38. The first-order chi connectivity index (χ1) is 11.8. The van der Waals surface area contributed by atoms with Crippen LogP contribution in [0.4, 0.5) is 11.4 Å². The molecule has 1 atom stereocenters. The van der Waals surface area contributed by atoms with Crippen LogP contribution in [0.15, 0.2) is 53.0 Å². The molecule has 2 N–H and O–H groups in total. The molecule has 6 nitrogen and oxygen atoms in total. The van der Waals surface area contributed by atoms with Gasteiger partial charge in [-0.1, -0.05) is 22.0 Å². The van der Waals surface area contributed by atoms with Gasteiger partial charge in [0.1, 0.15) is 0 Å². The lowest BCUT2D eigenvalue weighted by atomic mass is 10.2. The Hall–Kier alpha value is -2.67. The lowest BCUT2D eigenvalue weighted by Crippen LogP contribution is -2.30. The summed E-state index contributed by atoms with van der Waals surface area (Å²) >= 11 is 3.28. The first-order valence-electron chi connectivity index (χ1n) is 7.50. The molecule has 2 aromatic rings. The predicted octanol–water partition coefficient (Wildman–Crippen LogP) is 3.59. The third-order valence-corrected chi connectivity index (χ3v) is 3.68. The number of ether oxygens (including phenoxy) is 1. The van der Waals surface area contributed by atoms with Gasteiger partial charge in [-0.3, -0.25) is 9.59 Å². The molecule has 0 fully saturated rings. The van der Waals surface area contributed by atoms with Crippen LogP contribution in [0.1, 0.15) is 24.2 Å². The summed E-state index contributed by atoms with van der Waals surface area (Å²) in [5.41, 5.74) is 1.51. The van der Waals surface area contributed by atoms with E-state index in [0.717, 1.165) is 4.47 Å². The minimum absolute atomic E-state index is 0.176. The third kappa shape index (κ3) is 5.72. The van der Waals surface area contributed by atoms with Crippen molar-refractivity contribution in [3.63, 3.8) is 0 Å². The molecule has 0 saturated heterocycles. The highest BCUT2D eigenvalue weighted by atomic mass is 79.9. The van der Waals surface area contributed by atoms with Crippen molar-refractivity contribution in [2.45, 2.75) is 20.0 Å². The lowest BCUT2D eigenvalue weighted by Gasteiger charge is -2.14. The number of amides is 2. The molecule has 130 valence electrons. The van der Waals surface area contributed by atoms with Gasteiger partial charge in [-0.15, -0.1) is 0 Å². The number of carbonyl (C=O) groups is 3. The number of anilines is 2. The van der Waals surface area contributed by atoms with Gasteiger partial charge in [-0.05, 0) is 49.4 Å². The molecule has 0 aliphatic heterocycles. The Morgan fingerprint density at radius 3 is 2.16 bits per heavy atom. The highest BCUT2D eigenvalue weighted by molar-refractivity contribution is 9.10. The minimum Gasteiger partial charge on any atom is -0.449 e. The number of hydrogen-bond acceptors (Lipinski definition) is 4. The maximum absolute atomic E-state index is 12.1. The highest BCUT2D eigenvalue weighted by Crippen LogP contribution is 2.15. The summed E-state index contributed by atoms with van der Waals surface area (Å²) in [6.45, 7) is 2.91. The summed E-state index contributed by atoms with van der Waals surface area (Å²) in [6.07, 6.45) is -0.957. The molecule has 0 aliphatic carbocycles. The molecular formula is C18H17BrN2O4. The molecule has 0 bridgehead atoms. The van der Waals surface area contributed by atoms with E-state index in [1.54, 1.807) is 48.5 Å². The van der Waals surface area contributed by atoms with E-state index in [1.807, 2.05) is 0 Å². The summed E-state index contributed by atoms with van der Waals surface area (Å²) in [5, 5.41) is 5.28. The van der Waals surface area contributed by atoms with Crippen molar-refractivity contribution in [3.8, 4) is 0 Å². The van der Waals surface area contributed by atoms with E-state index in [-0.39, 0.29) is 5.91 Å². The van der Waals surface area contributed by atoms with E-state index in [4.69, 9.17) is 4.74 Å². The summed E-state index contributed by atoms with van der Waals surface area (Å²) < 4.78 is 5.92. The Morgan fingerprint density at radius 2 is 1.60 bits per heavy atom. The molecule has 2 aromatic carbocycles. The number of halogens is 1. The van der Waals surface area contributed by atoms with Gasteiger partial charge in [-0.2, -0.15) is 0 Å². The number of nitrogens with one attached hydrogen (secondary N) is 2. The zero-order valence-electron chi connectivity index (χ0n) is 13.7. The zero-order chi connectivity index (χ0) is 18.4. The number of carbonyl (C=O) groups excluding carboxylic acids is 3. The van der Waals surface area contributed by atoms with E-state index in [0.29, 0.717) is 16.9 Å². The number of rotatable bonds is 5. The maximum Gasteiger partial charge on any atom is 0.338 e. The maximum atomic E-state index is 12.1. The summed E-state index contributed by atoms with van der Waals surface area (Å²) in [7, 11) is 0. The Bertz CT molecular complexity index is 790. The second-order valence-corrected chi connectivity index (χ2v) is 6.22. The van der Waals surface area contributed by atoms with Crippen LogP contribution >= 0.6 is 15.9 Å². The van der Waals surface area contributed by atoms with Crippen molar-refractivity contribution >= 4 is 45.1 Å². The monoisotopic (exact) mass is 404 g/mol. The standard InChI is InChI=1S/C18H17BrN2O4/c1-11(25-18(24)13-4-3-5-14(19)10-13)17(23)21-16-8-6-15(7-9-16)20-12(2)22/h3-11H,1-2H3,(H,20,22)(H,21,23)/t11-/m1/s1. The van der Waals surface area contributed by atoms with Crippen LogP contribution in [0.3, 0.4) is 0 Å². The third-order valence-electron chi connectivity index (χ3n) is 3.19. The van der Waals surface area contributed by atoms with Gasteiger partial charge in [0.15, 0.2) is 6.10 Å². The molecule has 2 rings (SSSR count). The van der Waals surface area contributed by atoms with Gasteiger partial charge < -0.3 is 15.4 Å². The largest absolute Gasteiger partial charge is 0.449 e. The molecule has 0 saturated carbocycles. The van der Waals surface area contributed by atoms with Crippen LogP contribution < -0.4 is 10.6 Å². The van der Waals surface area contributed by atoms with Crippen LogP contribution in [0, 0.1) is 0 Å². The van der Waals surface area contributed by atoms with Crippen LogP contribution in [0.5, 0.6) is 0 Å². The SMILES string of the molecule is CC(=O)Nc1ccc(NC(=O)[C@@H](C)OC(=O)c2cccc(Br)c2)cc1. The van der Waals surface area contributed by atoms with Gasteiger partial charge in [-0.25, -0.2) is 4.79 Å². The van der Waals surface area contributed by atoms with Gasteiger partial charge in [0, 0.05) is 22.8 Å². The van der Waals surface area contributed by atoms with Gasteiger partial charge in [0.25, 0.3) is 5.91 Å². The van der Waals surface area contributed by atoms with Crippen molar-refractivity contribution in [2.24, 2.45) is 0 Å². The van der Waals surface area contributed by atoms with Crippen molar-refractivity contribution < 1.29 is 19.1 Å². The Labute approximate surface area is 153 Å². The van der Waals surface area contributed by atoms with Crippen molar-refractivity contribution in [3.05, 3.63) is 58.6 Å². The topological polar surface area (TPSA) is 84.5 Å². The Kier molecular flexibility index (Phi) is 6.30. The van der Waals surface area contributed by atoms with Crippen molar-refractivity contribution in [2.75, 3.05) is 10.6 Å². The van der Waals surface area contributed by atoms with Crippen molar-refractivity contribution in [1.29, 1.82) is 0 Å². The average molecular weight is 405 g/mol. The van der Waals surface area contributed by atoms with E-state index < -0.39 is 18.0 Å². The fourth-order valence-electron chi connectivity index (χ4n) is 1.98. The lowest BCUT2D eigenvalue weighted by molar-refractivity contribution is -0.123. The zero-order valence-corrected chi connectivity index (χ0v) is 15.3. The second kappa shape index (κ2) is 8.43. The van der Waals surface area contributed by atoms with Crippen molar-refractivity contribution in [1.82, 2.24) is 0 Å². The summed E-state index contributed by atoms with van der Waals surface area (Å²) in [5.74, 6) is -1.20. The van der Waals surface area contributed by atoms with Crippen LogP contribution in [0.2, 0.25) is 0 Å². The molecule has 0 radical (unpaired) electrons. The number of hydrogen-bond donors (Lipinski definition) is 2. The smallest absolute Gasteiger partial charge is 0.338 e. The Morgan fingerprint density at radius 1 is 1.00 bits per heavy atom. The first kappa shape index (κ1) is 18.7. The van der Waals surface area contributed by atoms with Gasteiger partial charge in [0.2, 0.25) is 5.91 Å². The number of esters is 1. The van der Waals surface area contributed by atoms with E-state index in [1.165, 1.54) is 13.8 Å². The first-order valence-corrected chi connectivity index (χ1v) is 8.29. The Balaban J connectivity index is 1.93. The van der Waals surface area contributed by atoms with E-state index >= 15 is 0 Å². The molecule has 2 amide bonds. The predicted molar refractivity (Wildman–Crippen MR) is 98.4 cm³/mol. The second-order valence-electron chi connectivity index (χ2n) is 5.31. The average Bonchev–Trinajstić information content (AvgIpc) is 2.56. The molecule has 0 aromatic heterocycles. The molecular weight excluding hydrogens is 388 g/mol. The molecule has 0 heterocycles. The number of benzene rings is 2. The molecule has 7 heteroatoms. The van der Waals surface area contributed by atoms with Gasteiger partial charge in [0.05, 0.1) is 5.56 Å². The minimum atomic E-state index is -0.957. The fraction of sp³-hybridized carbons (Fsp3) is 0.167. The molecule has 0 unspecified atom stereocenters. The normalized spacial score (nSPS) is 11.3. The van der Waals surface area contributed by atoms with Crippen LogP contribution in [0.25, 0.3) is 0 Å². The van der Waals surface area contributed by atoms with E-state index in [9.17, 15) is 14.4 Å². The highest BCUT2D eigenvalue weighted by Gasteiger charge is 2.19. The molecule has 25 heavy (non-hydrogen) atoms. The van der Waals surface area contributed by atoms with Gasteiger partial charge >= 0.3 is 5.97 Å². The molecule has 0 aliphatic rings. The van der Waals surface area contributed by atoms with Crippen LogP contribution in [-0.4, -0.2) is 23.9 Å². The summed E-state index contributed by atoms with van der Waals surface area (Å²) in [6, 6.07) is 13.3. The van der Waals surface area contributed by atoms with Crippen LogP contribution in [-0.2, 0) is 14.3 Å². The van der Waals surface area contributed by atoms with E-state index in [2.05, 4.69) is 26.6 Å². The summed E-state index contributed by atoms with van der Waals surface area (Å²) in [4.78, 5) is 35.2. The quantitative estimate of drug-likeness (QED) is 0.745.